The molecule has 0 aromatic carbocycles. The molecule has 0 spiro atoms. The lowest BCUT2D eigenvalue weighted by molar-refractivity contribution is -0.0799. The normalized spacial score (nSPS) is 13.9. The predicted molar refractivity (Wildman–Crippen MR) is 131 cm³/mol. The Labute approximate surface area is 198 Å². The van der Waals surface area contributed by atoms with E-state index in [1.165, 1.54) is 19.2 Å². The SMILES string of the molecule is C=C(NC(C)=NC(=N/C=C/C(F)(F)F)Nc1ccc(P(C)(C)=O)nc1OC)/C(=C\C)OC(C)C. The first-order chi connectivity index (χ1) is 15.7. The third kappa shape index (κ3) is 10.2. The molecule has 1 heterocycles. The Balaban J connectivity index is 3.30. The maximum absolute atomic E-state index is 12.6. The molecule has 1 aromatic rings. The fourth-order valence-corrected chi connectivity index (χ4v) is 3.18. The number of anilines is 1. The molecule has 12 heteroatoms. The summed E-state index contributed by atoms with van der Waals surface area (Å²) in [7, 11) is -1.30. The van der Waals surface area contributed by atoms with Crippen LogP contribution in [0.1, 0.15) is 27.7 Å². The zero-order valence-corrected chi connectivity index (χ0v) is 21.2. The minimum Gasteiger partial charge on any atom is -0.489 e. The summed E-state index contributed by atoms with van der Waals surface area (Å²) < 4.78 is 60.9. The van der Waals surface area contributed by atoms with E-state index >= 15 is 0 Å². The van der Waals surface area contributed by atoms with E-state index < -0.39 is 13.3 Å². The maximum atomic E-state index is 12.6. The summed E-state index contributed by atoms with van der Waals surface area (Å²) in [6, 6.07) is 3.07. The van der Waals surface area contributed by atoms with Crippen LogP contribution in [0.25, 0.3) is 0 Å². The van der Waals surface area contributed by atoms with Crippen LogP contribution in [0.5, 0.6) is 5.88 Å². The Morgan fingerprint density at radius 1 is 1.29 bits per heavy atom. The summed E-state index contributed by atoms with van der Waals surface area (Å²) in [5.74, 6) is 0.673. The second-order valence-corrected chi connectivity index (χ2v) is 10.8. The molecule has 34 heavy (non-hydrogen) atoms. The number of aliphatic imine (C=N–C) groups is 2. The Bertz CT molecular complexity index is 1040. The lowest BCUT2D eigenvalue weighted by Crippen LogP contribution is -2.25. The van der Waals surface area contributed by atoms with Crippen LogP contribution in [0, 0.1) is 0 Å². The highest BCUT2D eigenvalue weighted by molar-refractivity contribution is 7.69. The number of ether oxygens (including phenoxy) is 2. The van der Waals surface area contributed by atoms with E-state index in [4.69, 9.17) is 9.47 Å². The third-order valence-electron chi connectivity index (χ3n) is 3.83. The zero-order chi connectivity index (χ0) is 26.1. The Hall–Kier alpha value is -3.07. The highest BCUT2D eigenvalue weighted by Gasteiger charge is 2.22. The van der Waals surface area contributed by atoms with E-state index in [0.29, 0.717) is 23.1 Å². The average Bonchev–Trinajstić information content (AvgIpc) is 2.69. The van der Waals surface area contributed by atoms with E-state index in [1.54, 1.807) is 33.3 Å². The van der Waals surface area contributed by atoms with Crippen molar-refractivity contribution in [2.75, 3.05) is 25.8 Å². The van der Waals surface area contributed by atoms with Gasteiger partial charge in [-0.3, -0.25) is 0 Å². The minimum atomic E-state index is -4.54. The number of rotatable bonds is 8. The molecule has 0 radical (unpaired) electrons. The van der Waals surface area contributed by atoms with E-state index in [-0.39, 0.29) is 35.5 Å². The topological polar surface area (TPSA) is 97.2 Å². The van der Waals surface area contributed by atoms with E-state index in [0.717, 1.165) is 0 Å². The molecule has 0 bridgehead atoms. The number of methoxy groups -OCH3 is 1. The summed E-state index contributed by atoms with van der Waals surface area (Å²) >= 11 is 0. The predicted octanol–water partition coefficient (Wildman–Crippen LogP) is 5.03. The third-order valence-corrected chi connectivity index (χ3v) is 5.18. The second kappa shape index (κ2) is 12.4. The number of guanidine groups is 1. The van der Waals surface area contributed by atoms with Gasteiger partial charge in [0.05, 0.1) is 18.9 Å². The Kier molecular flexibility index (Phi) is 10.6. The highest BCUT2D eigenvalue weighted by atomic mass is 31.2. The average molecular weight is 501 g/mol. The lowest BCUT2D eigenvalue weighted by atomic mass is 10.3. The first-order valence-corrected chi connectivity index (χ1v) is 12.8. The van der Waals surface area contributed by atoms with Crippen LogP contribution in [0.15, 0.2) is 58.5 Å². The molecule has 1 aromatic heterocycles. The molecule has 2 N–H and O–H groups in total. The molecular weight excluding hydrogens is 470 g/mol. The van der Waals surface area contributed by atoms with Crippen molar-refractivity contribution in [1.82, 2.24) is 10.3 Å². The van der Waals surface area contributed by atoms with E-state index in [9.17, 15) is 17.7 Å². The van der Waals surface area contributed by atoms with Crippen LogP contribution in [-0.4, -0.2) is 49.5 Å². The number of hydrogen-bond acceptors (Lipinski definition) is 5. The van der Waals surface area contributed by atoms with Crippen molar-refractivity contribution < 1.29 is 27.2 Å². The van der Waals surface area contributed by atoms with Gasteiger partial charge in [0.2, 0.25) is 11.8 Å². The van der Waals surface area contributed by atoms with Gasteiger partial charge in [-0.05, 0) is 59.2 Å². The number of halogens is 3. The second-order valence-electron chi connectivity index (χ2n) is 7.63. The smallest absolute Gasteiger partial charge is 0.411 e. The van der Waals surface area contributed by atoms with Crippen molar-refractivity contribution in [1.29, 1.82) is 0 Å². The first-order valence-electron chi connectivity index (χ1n) is 10.2. The molecule has 0 amide bonds. The van der Waals surface area contributed by atoms with Gasteiger partial charge >= 0.3 is 6.18 Å². The number of pyridine rings is 1. The van der Waals surface area contributed by atoms with Gasteiger partial charge in [0.1, 0.15) is 29.9 Å². The molecule has 0 unspecified atom stereocenters. The van der Waals surface area contributed by atoms with Gasteiger partial charge < -0.3 is 24.7 Å². The zero-order valence-electron chi connectivity index (χ0n) is 20.3. The molecule has 0 saturated heterocycles. The van der Waals surface area contributed by atoms with Crippen molar-refractivity contribution in [2.45, 2.75) is 40.0 Å². The highest BCUT2D eigenvalue weighted by Crippen LogP contribution is 2.35. The fraction of sp³-hybridized carbons (Fsp3) is 0.409. The van der Waals surface area contributed by atoms with Crippen molar-refractivity contribution in [3.63, 3.8) is 0 Å². The van der Waals surface area contributed by atoms with Gasteiger partial charge in [0.25, 0.3) is 0 Å². The van der Waals surface area contributed by atoms with Crippen LogP contribution >= 0.6 is 7.14 Å². The molecule has 188 valence electrons. The van der Waals surface area contributed by atoms with Crippen LogP contribution in [-0.2, 0) is 9.30 Å². The molecule has 8 nitrogen and oxygen atoms in total. The van der Waals surface area contributed by atoms with Gasteiger partial charge in [0.15, 0.2) is 0 Å². The van der Waals surface area contributed by atoms with Crippen molar-refractivity contribution in [3.05, 3.63) is 48.5 Å². The molecule has 0 fully saturated rings. The standard InChI is InChI=1S/C22H31F3N5O3P/c1-9-18(33-14(2)3)15(4)27-16(5)28-21(26-13-12-22(23,24)25)29-17-10-11-19(34(7,8)31)30-20(17)32-6/h9-14H,4H2,1-3,5-8H3,(H2,26,27,28,29)/b13-12+,18-9+. The van der Waals surface area contributed by atoms with E-state index in [2.05, 4.69) is 32.2 Å². The Morgan fingerprint density at radius 3 is 2.44 bits per heavy atom. The number of nitrogens with one attached hydrogen (secondary N) is 2. The number of hydrogen-bond donors (Lipinski definition) is 2. The van der Waals surface area contributed by atoms with Crippen molar-refractivity contribution in [2.24, 2.45) is 9.98 Å². The molecule has 0 aliphatic carbocycles. The van der Waals surface area contributed by atoms with Crippen LogP contribution in [0.4, 0.5) is 18.9 Å². The van der Waals surface area contributed by atoms with Gasteiger partial charge in [-0.2, -0.15) is 13.2 Å². The number of aromatic nitrogens is 1. The van der Waals surface area contributed by atoms with Gasteiger partial charge in [-0.25, -0.2) is 15.0 Å². The minimum absolute atomic E-state index is 0.0245. The quantitative estimate of drug-likeness (QED) is 0.171. The van der Waals surface area contributed by atoms with Gasteiger partial charge in [-0.1, -0.05) is 6.58 Å². The number of alkyl halides is 3. The molecular formula is C22H31F3N5O3P. The molecule has 0 aliphatic rings. The monoisotopic (exact) mass is 501 g/mol. The molecule has 0 saturated carbocycles. The summed E-state index contributed by atoms with van der Waals surface area (Å²) in [6.07, 6.45) is -2.35. The molecule has 1 rings (SSSR count). The summed E-state index contributed by atoms with van der Waals surface area (Å²) in [5, 5.41) is 5.72. The number of allylic oxidation sites excluding steroid dienone is 2. The van der Waals surface area contributed by atoms with Gasteiger partial charge in [-0.15, -0.1) is 0 Å². The molecule has 0 aliphatic heterocycles. The van der Waals surface area contributed by atoms with Crippen LogP contribution in [0.2, 0.25) is 0 Å². The number of nitrogens with zero attached hydrogens (tertiary/aromatic N) is 3. The lowest BCUT2D eigenvalue weighted by Gasteiger charge is -2.17. The van der Waals surface area contributed by atoms with Crippen molar-refractivity contribution >= 4 is 30.1 Å². The van der Waals surface area contributed by atoms with Crippen LogP contribution < -0.4 is 20.8 Å². The Morgan fingerprint density at radius 2 is 1.94 bits per heavy atom. The molecule has 0 atom stereocenters. The van der Waals surface area contributed by atoms with Crippen molar-refractivity contribution in [3.8, 4) is 5.88 Å². The largest absolute Gasteiger partial charge is 0.489 e. The van der Waals surface area contributed by atoms with Crippen LogP contribution in [0.3, 0.4) is 0 Å². The summed E-state index contributed by atoms with van der Waals surface area (Å²) in [5.41, 5.74) is 1.02. The summed E-state index contributed by atoms with van der Waals surface area (Å²) in [4.78, 5) is 12.2. The van der Waals surface area contributed by atoms with E-state index in [1.807, 2.05) is 13.8 Å². The van der Waals surface area contributed by atoms with Gasteiger partial charge in [0, 0.05) is 12.3 Å². The summed E-state index contributed by atoms with van der Waals surface area (Å²) in [6.45, 7) is 14.1. The maximum Gasteiger partial charge on any atom is 0.411 e. The fourth-order valence-electron chi connectivity index (χ4n) is 2.42. The first kappa shape index (κ1) is 29.0. The number of amidine groups is 1.